The monoisotopic (exact) mass is 393 g/mol. The van der Waals surface area contributed by atoms with Crippen molar-refractivity contribution in [2.75, 3.05) is 6.79 Å². The predicted molar refractivity (Wildman–Crippen MR) is 92.4 cm³/mol. The molecule has 0 radical (unpaired) electrons. The first-order valence-corrected chi connectivity index (χ1v) is 8.35. The Bertz CT molecular complexity index is 873. The van der Waals surface area contributed by atoms with Crippen LogP contribution < -0.4 is 19.5 Å². The Morgan fingerprint density at radius 1 is 1.14 bits per heavy atom. The van der Waals surface area contributed by atoms with Gasteiger partial charge < -0.3 is 24.3 Å². The molecule has 3 rings (SSSR count). The molecule has 9 heteroatoms. The van der Waals surface area contributed by atoms with Crippen molar-refractivity contribution < 1.29 is 37.3 Å². The summed E-state index contributed by atoms with van der Waals surface area (Å²) < 4.78 is 44.7. The summed E-state index contributed by atoms with van der Waals surface area (Å²) in [6, 6.07) is 10.6. The highest BCUT2D eigenvalue weighted by Gasteiger charge is 2.22. The number of benzene rings is 2. The van der Waals surface area contributed by atoms with Gasteiger partial charge in [0.25, 0.3) is 5.91 Å². The second kappa shape index (κ2) is 8.55. The quantitative estimate of drug-likeness (QED) is 0.729. The van der Waals surface area contributed by atoms with Crippen LogP contribution in [0, 0.1) is 0 Å². The molecule has 0 unspecified atom stereocenters. The largest absolute Gasteiger partial charge is 0.454 e. The Kier molecular flexibility index (Phi) is 5.93. The maximum Gasteiger partial charge on any atom is 0.387 e. The van der Waals surface area contributed by atoms with Crippen molar-refractivity contribution in [3.05, 3.63) is 53.6 Å². The molecule has 0 saturated carbocycles. The van der Waals surface area contributed by atoms with Gasteiger partial charge in [-0.1, -0.05) is 18.2 Å². The third-order valence-electron chi connectivity index (χ3n) is 3.88. The van der Waals surface area contributed by atoms with Gasteiger partial charge in [0.05, 0.1) is 0 Å². The summed E-state index contributed by atoms with van der Waals surface area (Å²) in [7, 11) is 0. The SMILES string of the molecule is C[C@@H](OC(=O)c1ccccc1OC(F)F)C(=O)NCc1ccc2c(c1)OCO2. The third-order valence-corrected chi connectivity index (χ3v) is 3.88. The zero-order valence-corrected chi connectivity index (χ0v) is 14.8. The van der Waals surface area contributed by atoms with Gasteiger partial charge in [-0.2, -0.15) is 8.78 Å². The molecule has 0 fully saturated rings. The Morgan fingerprint density at radius 3 is 2.68 bits per heavy atom. The molecule has 1 N–H and O–H groups in total. The van der Waals surface area contributed by atoms with E-state index < -0.39 is 24.6 Å². The zero-order chi connectivity index (χ0) is 20.1. The third kappa shape index (κ3) is 4.67. The smallest absolute Gasteiger partial charge is 0.387 e. The number of fused-ring (bicyclic) bond motifs is 1. The van der Waals surface area contributed by atoms with Crippen molar-refractivity contribution in [2.24, 2.45) is 0 Å². The van der Waals surface area contributed by atoms with Crippen LogP contribution in [0.3, 0.4) is 0 Å². The number of ether oxygens (including phenoxy) is 4. The van der Waals surface area contributed by atoms with Crippen molar-refractivity contribution in [1.29, 1.82) is 0 Å². The van der Waals surface area contributed by atoms with E-state index in [1.54, 1.807) is 18.2 Å². The number of carbonyl (C=O) groups excluding carboxylic acids is 2. The highest BCUT2D eigenvalue weighted by molar-refractivity contribution is 5.94. The van der Waals surface area contributed by atoms with E-state index >= 15 is 0 Å². The summed E-state index contributed by atoms with van der Waals surface area (Å²) in [4.78, 5) is 24.4. The van der Waals surface area contributed by atoms with Gasteiger partial charge in [-0.3, -0.25) is 4.79 Å². The van der Waals surface area contributed by atoms with Crippen LogP contribution in [0.1, 0.15) is 22.8 Å². The average molecular weight is 393 g/mol. The minimum absolute atomic E-state index is 0.148. The molecular weight excluding hydrogens is 376 g/mol. The first kappa shape index (κ1) is 19.4. The van der Waals surface area contributed by atoms with Crippen molar-refractivity contribution in [3.8, 4) is 17.2 Å². The molecule has 0 bridgehead atoms. The molecule has 1 aliphatic heterocycles. The van der Waals surface area contributed by atoms with Crippen molar-refractivity contribution >= 4 is 11.9 Å². The maximum absolute atomic E-state index is 12.4. The van der Waals surface area contributed by atoms with Crippen molar-refractivity contribution in [1.82, 2.24) is 5.32 Å². The second-order valence-electron chi connectivity index (χ2n) is 5.83. The number of alkyl halides is 2. The Morgan fingerprint density at radius 2 is 1.89 bits per heavy atom. The van der Waals surface area contributed by atoms with Gasteiger partial charge in [0.2, 0.25) is 6.79 Å². The number of para-hydroxylation sites is 1. The number of rotatable bonds is 7. The van der Waals surface area contributed by atoms with Crippen molar-refractivity contribution in [2.45, 2.75) is 26.2 Å². The van der Waals surface area contributed by atoms with Crippen LogP contribution in [0.25, 0.3) is 0 Å². The van der Waals surface area contributed by atoms with E-state index in [0.717, 1.165) is 5.56 Å². The summed E-state index contributed by atoms with van der Waals surface area (Å²) in [5.74, 6) is -0.598. The van der Waals surface area contributed by atoms with Crippen LogP contribution in [0.4, 0.5) is 8.78 Å². The molecule has 0 aromatic heterocycles. The van der Waals surface area contributed by atoms with Gasteiger partial charge >= 0.3 is 12.6 Å². The zero-order valence-electron chi connectivity index (χ0n) is 14.8. The lowest BCUT2D eigenvalue weighted by Gasteiger charge is -2.15. The fourth-order valence-electron chi connectivity index (χ4n) is 2.50. The molecule has 0 saturated heterocycles. The van der Waals surface area contributed by atoms with E-state index in [1.807, 2.05) is 0 Å². The molecule has 2 aromatic carbocycles. The van der Waals surface area contributed by atoms with Crippen LogP contribution in [0.15, 0.2) is 42.5 Å². The lowest BCUT2D eigenvalue weighted by Crippen LogP contribution is -2.35. The molecular formula is C19H17F2NO6. The van der Waals surface area contributed by atoms with Crippen LogP contribution >= 0.6 is 0 Å². The van der Waals surface area contributed by atoms with Crippen LogP contribution in [-0.4, -0.2) is 31.4 Å². The number of halogens is 2. The van der Waals surface area contributed by atoms with Gasteiger partial charge in [-0.25, -0.2) is 4.79 Å². The summed E-state index contributed by atoms with van der Waals surface area (Å²) in [5.41, 5.74) is 0.574. The Balaban J connectivity index is 1.56. The molecule has 0 aliphatic carbocycles. The molecule has 1 heterocycles. The summed E-state index contributed by atoms with van der Waals surface area (Å²) >= 11 is 0. The fourth-order valence-corrected chi connectivity index (χ4v) is 2.50. The van der Waals surface area contributed by atoms with Gasteiger partial charge in [0.15, 0.2) is 17.6 Å². The van der Waals surface area contributed by atoms with Gasteiger partial charge in [-0.15, -0.1) is 0 Å². The average Bonchev–Trinajstić information content (AvgIpc) is 3.13. The number of hydrogen-bond acceptors (Lipinski definition) is 6. The van der Waals surface area contributed by atoms with E-state index in [4.69, 9.17) is 14.2 Å². The molecule has 1 amide bonds. The molecule has 7 nitrogen and oxygen atoms in total. The van der Waals surface area contributed by atoms with Crippen LogP contribution in [0.2, 0.25) is 0 Å². The van der Waals surface area contributed by atoms with Gasteiger partial charge in [0.1, 0.15) is 11.3 Å². The number of nitrogens with one attached hydrogen (secondary N) is 1. The first-order valence-electron chi connectivity index (χ1n) is 8.35. The maximum atomic E-state index is 12.4. The Labute approximate surface area is 159 Å². The van der Waals surface area contributed by atoms with E-state index in [9.17, 15) is 18.4 Å². The lowest BCUT2D eigenvalue weighted by atomic mass is 10.2. The highest BCUT2D eigenvalue weighted by atomic mass is 19.3. The standard InChI is InChI=1S/C19H17F2NO6/c1-11(27-18(24)13-4-2-3-5-14(13)28-19(20)21)17(23)22-9-12-6-7-15-16(8-12)26-10-25-15/h2-8,11,19H,9-10H2,1H3,(H,22,23)/t11-/m1/s1. The van der Waals surface area contributed by atoms with Crippen molar-refractivity contribution in [3.63, 3.8) is 0 Å². The summed E-state index contributed by atoms with van der Waals surface area (Å²) in [5, 5.41) is 2.63. The molecule has 1 atom stereocenters. The number of hydrogen-bond donors (Lipinski definition) is 1. The van der Waals surface area contributed by atoms with Crippen LogP contribution in [0.5, 0.6) is 17.2 Å². The minimum Gasteiger partial charge on any atom is -0.454 e. The normalized spacial score (nSPS) is 13.1. The fraction of sp³-hybridized carbons (Fsp3) is 0.263. The minimum atomic E-state index is -3.09. The highest BCUT2D eigenvalue weighted by Crippen LogP contribution is 2.32. The second-order valence-corrected chi connectivity index (χ2v) is 5.83. The molecule has 148 valence electrons. The predicted octanol–water partition coefficient (Wildman–Crippen LogP) is 2.88. The lowest BCUT2D eigenvalue weighted by molar-refractivity contribution is -0.129. The number of esters is 1. The van der Waals surface area contributed by atoms with E-state index in [1.165, 1.54) is 31.2 Å². The topological polar surface area (TPSA) is 83.1 Å². The number of carbonyl (C=O) groups is 2. The van der Waals surface area contributed by atoms with Gasteiger partial charge in [0, 0.05) is 6.54 Å². The summed E-state index contributed by atoms with van der Waals surface area (Å²) in [6.07, 6.45) is -1.14. The van der Waals surface area contributed by atoms with E-state index in [-0.39, 0.29) is 24.7 Å². The van der Waals surface area contributed by atoms with E-state index in [2.05, 4.69) is 10.1 Å². The molecule has 28 heavy (non-hydrogen) atoms. The molecule has 1 aliphatic rings. The molecule has 0 spiro atoms. The Hall–Kier alpha value is -3.36. The van der Waals surface area contributed by atoms with Crippen LogP contribution in [-0.2, 0) is 16.1 Å². The molecule has 2 aromatic rings. The summed E-state index contributed by atoms with van der Waals surface area (Å²) in [6.45, 7) is -1.38. The number of amides is 1. The first-order chi connectivity index (χ1) is 13.4. The van der Waals surface area contributed by atoms with E-state index in [0.29, 0.717) is 11.5 Å². The van der Waals surface area contributed by atoms with Gasteiger partial charge in [-0.05, 0) is 36.8 Å².